The number of hydrogen-bond acceptors (Lipinski definition) is 1. The molecule has 21 heavy (non-hydrogen) atoms. The van der Waals surface area contributed by atoms with Gasteiger partial charge in [-0.05, 0) is 81.1 Å². The first-order valence-corrected chi connectivity index (χ1v) is 9.85. The standard InChI is InChI=1S/C20H39N/c1-5-13-21-20(19-8-6-7-16(4)14-19)18-11-9-17(10-12-18)15(2)3/h15-21H,5-14H2,1-4H3. The Kier molecular flexibility index (Phi) is 7.05. The molecular formula is C20H39N. The van der Waals surface area contributed by atoms with E-state index < -0.39 is 0 Å². The lowest BCUT2D eigenvalue weighted by molar-refractivity contribution is 0.126. The first-order valence-electron chi connectivity index (χ1n) is 9.85. The fourth-order valence-electron chi connectivity index (χ4n) is 5.01. The van der Waals surface area contributed by atoms with Gasteiger partial charge in [0, 0.05) is 6.04 Å². The van der Waals surface area contributed by atoms with Crippen molar-refractivity contribution in [3.63, 3.8) is 0 Å². The molecule has 0 aromatic carbocycles. The third-order valence-corrected chi connectivity index (χ3v) is 6.38. The average Bonchev–Trinajstić information content (AvgIpc) is 2.48. The van der Waals surface area contributed by atoms with Crippen LogP contribution < -0.4 is 5.32 Å². The SMILES string of the molecule is CCCNC(C1CCC(C(C)C)CC1)C1CCCC(C)C1. The van der Waals surface area contributed by atoms with Gasteiger partial charge in [0.25, 0.3) is 0 Å². The summed E-state index contributed by atoms with van der Waals surface area (Å²) in [7, 11) is 0. The molecule has 2 fully saturated rings. The monoisotopic (exact) mass is 293 g/mol. The fraction of sp³-hybridized carbons (Fsp3) is 1.00. The number of nitrogens with one attached hydrogen (secondary N) is 1. The lowest BCUT2D eigenvalue weighted by Gasteiger charge is -2.42. The highest BCUT2D eigenvalue weighted by atomic mass is 14.9. The van der Waals surface area contributed by atoms with Gasteiger partial charge in [0.05, 0.1) is 0 Å². The maximum absolute atomic E-state index is 3.97. The molecule has 0 aromatic rings. The van der Waals surface area contributed by atoms with Gasteiger partial charge in [0.2, 0.25) is 0 Å². The van der Waals surface area contributed by atoms with Crippen LogP contribution in [-0.2, 0) is 0 Å². The molecule has 0 amide bonds. The van der Waals surface area contributed by atoms with Crippen LogP contribution in [-0.4, -0.2) is 12.6 Å². The van der Waals surface area contributed by atoms with Crippen LogP contribution in [0.5, 0.6) is 0 Å². The van der Waals surface area contributed by atoms with Gasteiger partial charge < -0.3 is 5.32 Å². The average molecular weight is 294 g/mol. The summed E-state index contributed by atoms with van der Waals surface area (Å²) >= 11 is 0. The summed E-state index contributed by atoms with van der Waals surface area (Å²) in [6, 6.07) is 0.820. The Balaban J connectivity index is 1.92. The van der Waals surface area contributed by atoms with Gasteiger partial charge in [0.15, 0.2) is 0 Å². The molecule has 2 aliphatic carbocycles. The zero-order valence-electron chi connectivity index (χ0n) is 15.0. The Morgan fingerprint density at radius 2 is 1.57 bits per heavy atom. The third kappa shape index (κ3) is 4.98. The minimum absolute atomic E-state index is 0.820. The molecule has 2 aliphatic rings. The molecule has 1 nitrogen and oxygen atoms in total. The van der Waals surface area contributed by atoms with Gasteiger partial charge in [-0.25, -0.2) is 0 Å². The van der Waals surface area contributed by atoms with Crippen LogP contribution >= 0.6 is 0 Å². The summed E-state index contributed by atoms with van der Waals surface area (Å²) in [4.78, 5) is 0. The molecule has 0 aliphatic heterocycles. The zero-order valence-corrected chi connectivity index (χ0v) is 15.0. The van der Waals surface area contributed by atoms with Crippen LogP contribution in [0.2, 0.25) is 0 Å². The molecule has 3 atom stereocenters. The lowest BCUT2D eigenvalue weighted by Crippen LogP contribution is -2.45. The van der Waals surface area contributed by atoms with E-state index in [2.05, 4.69) is 33.0 Å². The third-order valence-electron chi connectivity index (χ3n) is 6.38. The molecule has 0 bridgehead atoms. The number of hydrogen-bond donors (Lipinski definition) is 1. The quantitative estimate of drug-likeness (QED) is 0.668. The Morgan fingerprint density at radius 3 is 2.14 bits per heavy atom. The van der Waals surface area contributed by atoms with Gasteiger partial charge in [-0.2, -0.15) is 0 Å². The summed E-state index contributed by atoms with van der Waals surface area (Å²) in [6.45, 7) is 10.8. The smallest absolute Gasteiger partial charge is 0.0124 e. The Bertz CT molecular complexity index is 278. The van der Waals surface area contributed by atoms with Crippen molar-refractivity contribution in [2.24, 2.45) is 29.6 Å². The lowest BCUT2D eigenvalue weighted by atomic mass is 9.68. The second-order valence-electron chi connectivity index (χ2n) is 8.43. The summed E-state index contributed by atoms with van der Waals surface area (Å²) in [5.74, 6) is 4.77. The number of rotatable bonds is 6. The predicted octanol–water partition coefficient (Wildman–Crippen LogP) is 5.64. The first kappa shape index (κ1) is 17.3. The van der Waals surface area contributed by atoms with Gasteiger partial charge in [-0.15, -0.1) is 0 Å². The van der Waals surface area contributed by atoms with Gasteiger partial charge in [0.1, 0.15) is 0 Å². The van der Waals surface area contributed by atoms with Crippen molar-refractivity contribution >= 4 is 0 Å². The highest BCUT2D eigenvalue weighted by molar-refractivity contribution is 4.89. The van der Waals surface area contributed by atoms with Gasteiger partial charge in [-0.3, -0.25) is 0 Å². The first-order chi connectivity index (χ1) is 10.1. The molecule has 3 unspecified atom stereocenters. The van der Waals surface area contributed by atoms with E-state index in [1.165, 1.54) is 64.3 Å². The Hall–Kier alpha value is -0.0400. The summed E-state index contributed by atoms with van der Waals surface area (Å²) < 4.78 is 0. The van der Waals surface area contributed by atoms with Crippen LogP contribution in [0.4, 0.5) is 0 Å². The second-order valence-corrected chi connectivity index (χ2v) is 8.43. The topological polar surface area (TPSA) is 12.0 Å². The molecule has 0 aromatic heterocycles. The molecule has 0 radical (unpaired) electrons. The highest BCUT2D eigenvalue weighted by Crippen LogP contribution is 2.40. The molecule has 0 spiro atoms. The van der Waals surface area contributed by atoms with E-state index >= 15 is 0 Å². The van der Waals surface area contributed by atoms with E-state index in [1.807, 2.05) is 0 Å². The molecule has 2 saturated carbocycles. The molecular weight excluding hydrogens is 254 g/mol. The van der Waals surface area contributed by atoms with Crippen LogP contribution in [0, 0.1) is 29.6 Å². The zero-order chi connectivity index (χ0) is 15.2. The summed E-state index contributed by atoms with van der Waals surface area (Å²) in [6.07, 6.45) is 13.1. The molecule has 0 heterocycles. The molecule has 1 heteroatoms. The molecule has 2 rings (SSSR count). The maximum atomic E-state index is 3.97. The van der Waals surface area contributed by atoms with E-state index in [0.29, 0.717) is 0 Å². The second kappa shape index (κ2) is 8.56. The van der Waals surface area contributed by atoms with Crippen LogP contribution in [0.1, 0.15) is 85.5 Å². The Labute approximate surface area is 133 Å². The summed E-state index contributed by atoms with van der Waals surface area (Å²) in [5, 5.41) is 3.97. The van der Waals surface area contributed by atoms with Crippen LogP contribution in [0.15, 0.2) is 0 Å². The van der Waals surface area contributed by atoms with Crippen LogP contribution in [0.25, 0.3) is 0 Å². The van der Waals surface area contributed by atoms with Crippen molar-refractivity contribution < 1.29 is 0 Å². The van der Waals surface area contributed by atoms with Crippen molar-refractivity contribution in [2.75, 3.05) is 6.54 Å². The van der Waals surface area contributed by atoms with Crippen molar-refractivity contribution in [1.82, 2.24) is 5.32 Å². The van der Waals surface area contributed by atoms with Gasteiger partial charge >= 0.3 is 0 Å². The van der Waals surface area contributed by atoms with E-state index in [9.17, 15) is 0 Å². The Morgan fingerprint density at radius 1 is 0.905 bits per heavy atom. The van der Waals surface area contributed by atoms with Crippen LogP contribution in [0.3, 0.4) is 0 Å². The summed E-state index contributed by atoms with van der Waals surface area (Å²) in [5.41, 5.74) is 0. The maximum Gasteiger partial charge on any atom is 0.0124 e. The van der Waals surface area contributed by atoms with Crippen molar-refractivity contribution in [3.8, 4) is 0 Å². The van der Waals surface area contributed by atoms with Crippen molar-refractivity contribution in [3.05, 3.63) is 0 Å². The molecule has 124 valence electrons. The van der Waals surface area contributed by atoms with E-state index in [1.54, 1.807) is 0 Å². The minimum Gasteiger partial charge on any atom is -0.313 e. The highest BCUT2D eigenvalue weighted by Gasteiger charge is 2.34. The van der Waals surface area contributed by atoms with E-state index in [4.69, 9.17) is 0 Å². The fourth-order valence-corrected chi connectivity index (χ4v) is 5.01. The largest absolute Gasteiger partial charge is 0.313 e. The molecule has 0 saturated heterocycles. The molecule has 1 N–H and O–H groups in total. The predicted molar refractivity (Wildman–Crippen MR) is 93.5 cm³/mol. The van der Waals surface area contributed by atoms with Crippen molar-refractivity contribution in [2.45, 2.75) is 91.5 Å². The minimum atomic E-state index is 0.820. The normalized spacial score (nSPS) is 35.9. The van der Waals surface area contributed by atoms with E-state index in [-0.39, 0.29) is 0 Å². The van der Waals surface area contributed by atoms with E-state index in [0.717, 1.165) is 35.6 Å². The van der Waals surface area contributed by atoms with Crippen molar-refractivity contribution in [1.29, 1.82) is 0 Å². The van der Waals surface area contributed by atoms with Gasteiger partial charge in [-0.1, -0.05) is 40.5 Å².